The minimum atomic E-state index is 0.470. The van der Waals surface area contributed by atoms with Crippen molar-refractivity contribution >= 4 is 0 Å². The summed E-state index contributed by atoms with van der Waals surface area (Å²) < 4.78 is 0. The maximum atomic E-state index is 4.31. The summed E-state index contributed by atoms with van der Waals surface area (Å²) in [6, 6.07) is 2.23. The van der Waals surface area contributed by atoms with Gasteiger partial charge in [-0.2, -0.15) is 0 Å². The highest BCUT2D eigenvalue weighted by Gasteiger charge is 2.59. The number of nitrogens with one attached hydrogen (secondary N) is 1. The fourth-order valence-electron chi connectivity index (χ4n) is 9.83. The quantitative estimate of drug-likeness (QED) is 0.453. The van der Waals surface area contributed by atoms with Crippen molar-refractivity contribution in [1.82, 2.24) is 10.2 Å². The molecule has 3 saturated carbocycles. The summed E-state index contributed by atoms with van der Waals surface area (Å²) in [5.74, 6) is 3.74. The second-order valence-corrected chi connectivity index (χ2v) is 13.6. The van der Waals surface area contributed by atoms with E-state index in [0.29, 0.717) is 10.8 Å². The Hall–Kier alpha value is -0.600. The van der Waals surface area contributed by atoms with Gasteiger partial charge >= 0.3 is 0 Å². The topological polar surface area (TPSA) is 15.3 Å². The highest BCUT2D eigenvalue weighted by atomic mass is 15.1. The van der Waals surface area contributed by atoms with Crippen LogP contribution in [0.1, 0.15) is 105 Å². The van der Waals surface area contributed by atoms with Gasteiger partial charge in [-0.15, -0.1) is 0 Å². The van der Waals surface area contributed by atoms with E-state index in [2.05, 4.69) is 57.6 Å². The summed E-state index contributed by atoms with van der Waals surface area (Å²) in [6.45, 7) is 15.8. The maximum absolute atomic E-state index is 4.31. The van der Waals surface area contributed by atoms with E-state index in [0.717, 1.165) is 41.8 Å². The van der Waals surface area contributed by atoms with Crippen molar-refractivity contribution < 1.29 is 0 Å². The molecule has 0 aromatic carbocycles. The molecule has 186 valence electrons. The van der Waals surface area contributed by atoms with Gasteiger partial charge in [0.15, 0.2) is 0 Å². The van der Waals surface area contributed by atoms with Crippen LogP contribution in [-0.4, -0.2) is 36.6 Å². The number of allylic oxidation sites excluding steroid dienone is 3. The van der Waals surface area contributed by atoms with Crippen molar-refractivity contribution in [2.75, 3.05) is 13.6 Å². The third-order valence-corrected chi connectivity index (χ3v) is 12.0. The maximum Gasteiger partial charge on any atom is 0.00974 e. The molecular formula is C31H52N2. The molecule has 0 aromatic heterocycles. The van der Waals surface area contributed by atoms with Crippen LogP contribution >= 0.6 is 0 Å². The Morgan fingerprint density at radius 1 is 1.06 bits per heavy atom. The molecule has 33 heavy (non-hydrogen) atoms. The van der Waals surface area contributed by atoms with Crippen molar-refractivity contribution in [1.29, 1.82) is 0 Å². The largest absolute Gasteiger partial charge is 0.312 e. The number of fused-ring (bicyclic) bond motifs is 5. The molecule has 9 unspecified atom stereocenters. The molecule has 1 heterocycles. The highest BCUT2D eigenvalue weighted by molar-refractivity contribution is 5.33. The second kappa shape index (κ2) is 9.12. The molecule has 9 atom stereocenters. The lowest BCUT2D eigenvalue weighted by atomic mass is 9.46. The first-order valence-corrected chi connectivity index (χ1v) is 14.6. The van der Waals surface area contributed by atoms with Gasteiger partial charge in [-0.05, 0) is 139 Å². The number of nitrogens with zero attached hydrogens (tertiary/aromatic N) is 1. The van der Waals surface area contributed by atoms with Crippen LogP contribution in [-0.2, 0) is 0 Å². The average Bonchev–Trinajstić information content (AvgIpc) is 3.36. The molecule has 2 nitrogen and oxygen atoms in total. The highest BCUT2D eigenvalue weighted by Crippen LogP contribution is 2.67. The molecule has 2 heteroatoms. The first-order valence-electron chi connectivity index (χ1n) is 14.6. The van der Waals surface area contributed by atoms with Crippen molar-refractivity contribution in [2.24, 2.45) is 34.5 Å². The molecule has 0 bridgehead atoms. The normalized spacial score (nSPS) is 46.0. The minimum absolute atomic E-state index is 0.470. The third kappa shape index (κ3) is 4.20. The Morgan fingerprint density at radius 2 is 1.88 bits per heavy atom. The lowest BCUT2D eigenvalue weighted by Crippen LogP contribution is -2.52. The van der Waals surface area contributed by atoms with E-state index in [9.17, 15) is 0 Å². The zero-order valence-electron chi connectivity index (χ0n) is 22.5. The number of hydrogen-bond donors (Lipinski definition) is 1. The predicted molar refractivity (Wildman–Crippen MR) is 141 cm³/mol. The van der Waals surface area contributed by atoms with Gasteiger partial charge in [0.1, 0.15) is 0 Å². The van der Waals surface area contributed by atoms with Crippen LogP contribution in [0.15, 0.2) is 23.8 Å². The Balaban J connectivity index is 1.22. The molecule has 4 aliphatic carbocycles. The van der Waals surface area contributed by atoms with Gasteiger partial charge in [-0.25, -0.2) is 0 Å². The molecule has 1 aliphatic heterocycles. The molecule has 1 N–H and O–H groups in total. The minimum Gasteiger partial charge on any atom is -0.312 e. The third-order valence-electron chi connectivity index (χ3n) is 12.0. The molecule has 0 aromatic rings. The Labute approximate surface area is 205 Å². The van der Waals surface area contributed by atoms with Gasteiger partial charge in [0, 0.05) is 18.1 Å². The Bertz CT molecular complexity index is 769. The summed E-state index contributed by atoms with van der Waals surface area (Å²) in [5, 5.41) is 3.78. The van der Waals surface area contributed by atoms with Gasteiger partial charge in [-0.1, -0.05) is 37.6 Å². The van der Waals surface area contributed by atoms with Crippen molar-refractivity contribution in [2.45, 2.75) is 123 Å². The monoisotopic (exact) mass is 452 g/mol. The van der Waals surface area contributed by atoms with E-state index in [1.807, 2.05) is 0 Å². The van der Waals surface area contributed by atoms with Gasteiger partial charge in [0.25, 0.3) is 0 Å². The molecule has 0 amide bonds. The van der Waals surface area contributed by atoms with Crippen molar-refractivity contribution in [3.63, 3.8) is 0 Å². The van der Waals surface area contributed by atoms with E-state index >= 15 is 0 Å². The van der Waals surface area contributed by atoms with E-state index in [1.165, 1.54) is 89.2 Å². The lowest BCUT2D eigenvalue weighted by Gasteiger charge is -2.59. The van der Waals surface area contributed by atoms with Crippen LogP contribution in [0.4, 0.5) is 0 Å². The fourth-order valence-corrected chi connectivity index (χ4v) is 9.83. The molecule has 5 rings (SSSR count). The first kappa shape index (κ1) is 24.1. The Morgan fingerprint density at radius 3 is 2.64 bits per heavy atom. The fraction of sp³-hybridized carbons (Fsp3) is 0.871. The summed E-state index contributed by atoms with van der Waals surface area (Å²) in [5.41, 5.74) is 4.18. The molecule has 5 aliphatic rings. The zero-order valence-corrected chi connectivity index (χ0v) is 22.5. The average molecular weight is 453 g/mol. The molecule has 0 radical (unpaired) electrons. The smallest absolute Gasteiger partial charge is 0.00974 e. The van der Waals surface area contributed by atoms with Crippen LogP contribution in [0.2, 0.25) is 0 Å². The van der Waals surface area contributed by atoms with Gasteiger partial charge < -0.3 is 10.2 Å². The van der Waals surface area contributed by atoms with Gasteiger partial charge in [-0.3, -0.25) is 0 Å². The van der Waals surface area contributed by atoms with E-state index < -0.39 is 0 Å². The van der Waals surface area contributed by atoms with Crippen LogP contribution in [0.25, 0.3) is 0 Å². The first-order chi connectivity index (χ1) is 15.7. The van der Waals surface area contributed by atoms with Crippen LogP contribution in [0.3, 0.4) is 0 Å². The summed E-state index contributed by atoms with van der Waals surface area (Å²) in [7, 11) is 2.42. The number of hydrogen-bond acceptors (Lipinski definition) is 2. The predicted octanol–water partition coefficient (Wildman–Crippen LogP) is 7.36. The Kier molecular flexibility index (Phi) is 6.67. The van der Waals surface area contributed by atoms with E-state index in [-0.39, 0.29) is 0 Å². The van der Waals surface area contributed by atoms with E-state index in [1.54, 1.807) is 5.57 Å². The van der Waals surface area contributed by atoms with Crippen LogP contribution in [0, 0.1) is 34.5 Å². The summed E-state index contributed by atoms with van der Waals surface area (Å²) in [4.78, 5) is 2.73. The zero-order chi connectivity index (χ0) is 23.4. The molecular weight excluding hydrogens is 400 g/mol. The summed E-state index contributed by atoms with van der Waals surface area (Å²) >= 11 is 0. The van der Waals surface area contributed by atoms with Gasteiger partial charge in [0.2, 0.25) is 0 Å². The standard InChI is InChI=1S/C31H52N2/c1-21-15-17-30(4)24(20-21)10-12-26-28-14-13-27(31(28,5)18-16-29(26)30)23(3)33(6)19-7-8-25-11-9-22(2)32-25/h20,22-23,25-29,32H,1,7-19H2,2-6H3. The number of rotatable bonds is 6. The molecule has 4 fully saturated rings. The van der Waals surface area contributed by atoms with Crippen molar-refractivity contribution in [3.8, 4) is 0 Å². The molecule has 0 spiro atoms. The second-order valence-electron chi connectivity index (χ2n) is 13.6. The van der Waals surface area contributed by atoms with Crippen LogP contribution < -0.4 is 5.32 Å². The lowest BCUT2D eigenvalue weighted by molar-refractivity contribution is -0.0609. The SMILES string of the molecule is C=C1C=C2CCC3C(CCC4(C)C3CCC4C(C)N(C)CCCC3CCC(C)N3)C2(C)CC1. The van der Waals surface area contributed by atoms with Crippen molar-refractivity contribution in [3.05, 3.63) is 23.8 Å². The van der Waals surface area contributed by atoms with Gasteiger partial charge in [0.05, 0.1) is 0 Å². The van der Waals surface area contributed by atoms with E-state index in [4.69, 9.17) is 0 Å². The molecule has 1 saturated heterocycles. The summed E-state index contributed by atoms with van der Waals surface area (Å²) in [6.07, 6.45) is 19.2. The van der Waals surface area contributed by atoms with Crippen LogP contribution in [0.5, 0.6) is 0 Å².